The molecule has 0 aliphatic heterocycles. The van der Waals surface area contributed by atoms with Crippen molar-refractivity contribution in [3.05, 3.63) is 102 Å². The second-order valence-corrected chi connectivity index (χ2v) is 7.13. The van der Waals surface area contributed by atoms with Crippen LogP contribution in [0.5, 0.6) is 0 Å². The van der Waals surface area contributed by atoms with Gasteiger partial charge in [-0.3, -0.25) is 9.67 Å². The molecule has 5 aromatic rings. The molecule has 0 saturated heterocycles. The van der Waals surface area contributed by atoms with E-state index in [0.29, 0.717) is 17.9 Å². The maximum Gasteiger partial charge on any atom is 0.149 e. The summed E-state index contributed by atoms with van der Waals surface area (Å²) in [5, 5.41) is 14.6. The monoisotopic (exact) mass is 402 g/mol. The van der Waals surface area contributed by atoms with Gasteiger partial charge < -0.3 is 4.98 Å². The molecule has 0 fully saturated rings. The van der Waals surface area contributed by atoms with Gasteiger partial charge in [-0.1, -0.05) is 42.5 Å². The average Bonchev–Trinajstić information content (AvgIpc) is 3.42. The minimum absolute atomic E-state index is 0.445. The Morgan fingerprint density at radius 1 is 1.03 bits per heavy atom. The third-order valence-electron chi connectivity index (χ3n) is 4.98. The number of pyridine rings is 1. The van der Waals surface area contributed by atoms with Crippen LogP contribution in [0.4, 0.5) is 0 Å². The molecule has 0 radical (unpaired) electrons. The number of nitrogens with one attached hydrogen (secondary N) is 1. The van der Waals surface area contributed by atoms with Crippen molar-refractivity contribution in [1.29, 1.82) is 5.26 Å². The molecular weight excluding hydrogens is 384 g/mol. The van der Waals surface area contributed by atoms with Gasteiger partial charge in [0.1, 0.15) is 17.6 Å². The van der Waals surface area contributed by atoms with Crippen LogP contribution in [-0.4, -0.2) is 24.7 Å². The number of benzene rings is 2. The first-order chi connectivity index (χ1) is 15.3. The summed E-state index contributed by atoms with van der Waals surface area (Å²) in [6, 6.07) is 24.0. The average molecular weight is 402 g/mol. The van der Waals surface area contributed by atoms with Crippen molar-refractivity contribution in [2.24, 2.45) is 0 Å². The number of hydrogen-bond donors (Lipinski definition) is 1. The molecule has 148 valence electrons. The molecule has 0 aliphatic carbocycles. The quantitative estimate of drug-likeness (QED) is 0.422. The van der Waals surface area contributed by atoms with E-state index in [2.05, 4.69) is 33.2 Å². The van der Waals surface area contributed by atoms with Gasteiger partial charge >= 0.3 is 0 Å². The van der Waals surface area contributed by atoms with E-state index >= 15 is 0 Å². The number of fused-ring (bicyclic) bond motifs is 1. The number of hydrogen-bond acceptors (Lipinski definition) is 4. The van der Waals surface area contributed by atoms with E-state index in [1.807, 2.05) is 71.6 Å². The van der Waals surface area contributed by atoms with E-state index in [4.69, 9.17) is 5.10 Å². The van der Waals surface area contributed by atoms with E-state index < -0.39 is 0 Å². The first-order valence-corrected chi connectivity index (χ1v) is 9.89. The molecule has 3 aromatic heterocycles. The normalized spacial score (nSPS) is 11.5. The molecule has 5 rings (SSSR count). The second kappa shape index (κ2) is 8.09. The van der Waals surface area contributed by atoms with Crippen LogP contribution >= 0.6 is 0 Å². The van der Waals surface area contributed by atoms with Gasteiger partial charge in [-0.25, -0.2) is 4.98 Å². The van der Waals surface area contributed by atoms with E-state index in [1.54, 1.807) is 12.4 Å². The Kier molecular flexibility index (Phi) is 4.83. The van der Waals surface area contributed by atoms with Crippen LogP contribution in [0.2, 0.25) is 0 Å². The highest BCUT2D eigenvalue weighted by Gasteiger charge is 2.14. The molecule has 2 aromatic carbocycles. The molecule has 0 atom stereocenters. The minimum Gasteiger partial charge on any atom is -0.337 e. The first-order valence-electron chi connectivity index (χ1n) is 9.89. The number of nitriles is 1. The Morgan fingerprint density at radius 3 is 2.65 bits per heavy atom. The van der Waals surface area contributed by atoms with Gasteiger partial charge in [-0.15, -0.1) is 0 Å². The van der Waals surface area contributed by atoms with Crippen LogP contribution in [0.25, 0.3) is 33.9 Å². The molecule has 3 heterocycles. The van der Waals surface area contributed by atoms with Gasteiger partial charge in [-0.2, -0.15) is 10.4 Å². The zero-order valence-electron chi connectivity index (χ0n) is 16.6. The van der Waals surface area contributed by atoms with Crippen LogP contribution in [0.3, 0.4) is 0 Å². The van der Waals surface area contributed by atoms with Crippen LogP contribution in [-0.2, 0) is 6.54 Å². The minimum atomic E-state index is 0.445. The molecule has 0 saturated carbocycles. The van der Waals surface area contributed by atoms with Crippen LogP contribution in [0.15, 0.2) is 85.3 Å². The van der Waals surface area contributed by atoms with Crippen molar-refractivity contribution in [3.8, 4) is 17.3 Å². The first kappa shape index (κ1) is 18.5. The van der Waals surface area contributed by atoms with Crippen molar-refractivity contribution in [1.82, 2.24) is 24.7 Å². The fourth-order valence-electron chi connectivity index (χ4n) is 3.51. The summed E-state index contributed by atoms with van der Waals surface area (Å²) in [6.07, 6.45) is 7.29. The van der Waals surface area contributed by atoms with Crippen molar-refractivity contribution >= 4 is 22.7 Å². The number of para-hydroxylation sites is 2. The highest BCUT2D eigenvalue weighted by Crippen LogP contribution is 2.26. The van der Waals surface area contributed by atoms with Crippen molar-refractivity contribution in [2.45, 2.75) is 6.54 Å². The van der Waals surface area contributed by atoms with E-state index in [1.165, 1.54) is 0 Å². The Hall–Kier alpha value is -4.50. The van der Waals surface area contributed by atoms with Gasteiger partial charge in [0.25, 0.3) is 0 Å². The Morgan fingerprint density at radius 2 is 1.87 bits per heavy atom. The lowest BCUT2D eigenvalue weighted by molar-refractivity contribution is 0.689. The predicted octanol–water partition coefficient (Wildman–Crippen LogP) is 4.93. The molecule has 0 spiro atoms. The standard InChI is InChI=1S/C25H18N6/c26-14-20(25-28-22-10-4-5-11-23(22)29-25)13-21-17-31(16-18-7-2-1-3-8-18)30-24(21)19-9-6-12-27-15-19/h1-13,15,17H,16H2,(H,28,29). The molecular formula is C25H18N6. The van der Waals surface area contributed by atoms with E-state index in [9.17, 15) is 5.26 Å². The highest BCUT2D eigenvalue weighted by atomic mass is 15.3. The fraction of sp³-hybridized carbons (Fsp3) is 0.0400. The van der Waals surface area contributed by atoms with Crippen molar-refractivity contribution < 1.29 is 0 Å². The van der Waals surface area contributed by atoms with Crippen LogP contribution in [0, 0.1) is 11.3 Å². The van der Waals surface area contributed by atoms with E-state index in [0.717, 1.165) is 33.4 Å². The number of nitrogens with zero attached hydrogens (tertiary/aromatic N) is 5. The maximum atomic E-state index is 9.85. The summed E-state index contributed by atoms with van der Waals surface area (Å²) < 4.78 is 1.89. The molecule has 0 unspecified atom stereocenters. The summed E-state index contributed by atoms with van der Waals surface area (Å²) in [5.41, 5.74) is 5.81. The fourth-order valence-corrected chi connectivity index (χ4v) is 3.51. The predicted molar refractivity (Wildman–Crippen MR) is 121 cm³/mol. The zero-order valence-corrected chi connectivity index (χ0v) is 16.6. The van der Waals surface area contributed by atoms with Gasteiger partial charge in [0.05, 0.1) is 23.2 Å². The van der Waals surface area contributed by atoms with Gasteiger partial charge in [0.2, 0.25) is 0 Å². The highest BCUT2D eigenvalue weighted by molar-refractivity contribution is 5.92. The summed E-state index contributed by atoms with van der Waals surface area (Å²) >= 11 is 0. The SMILES string of the molecule is N#CC(=Cc1cn(Cc2ccccc2)nc1-c1cccnc1)c1nc2ccccc2[nH]1. The summed E-state index contributed by atoms with van der Waals surface area (Å²) in [5.74, 6) is 0.539. The Labute approximate surface area is 179 Å². The summed E-state index contributed by atoms with van der Waals surface area (Å²) in [4.78, 5) is 12.0. The lowest BCUT2D eigenvalue weighted by Crippen LogP contribution is -2.00. The number of H-pyrrole nitrogens is 1. The van der Waals surface area contributed by atoms with Crippen molar-refractivity contribution in [2.75, 3.05) is 0 Å². The number of rotatable bonds is 5. The molecule has 6 heteroatoms. The summed E-state index contributed by atoms with van der Waals surface area (Å²) in [6.45, 7) is 0.633. The topological polar surface area (TPSA) is 83.2 Å². The second-order valence-electron chi connectivity index (χ2n) is 7.13. The molecule has 0 aliphatic rings. The third kappa shape index (κ3) is 3.85. The van der Waals surface area contributed by atoms with E-state index in [-0.39, 0.29) is 0 Å². The lowest BCUT2D eigenvalue weighted by Gasteiger charge is -2.01. The van der Waals surface area contributed by atoms with Gasteiger partial charge in [0.15, 0.2) is 0 Å². The Bertz CT molecular complexity index is 1370. The third-order valence-corrected chi connectivity index (χ3v) is 4.98. The lowest BCUT2D eigenvalue weighted by atomic mass is 10.1. The molecule has 0 bridgehead atoms. The smallest absolute Gasteiger partial charge is 0.149 e. The number of aromatic nitrogens is 5. The zero-order chi connectivity index (χ0) is 21.0. The molecule has 1 N–H and O–H groups in total. The van der Waals surface area contributed by atoms with Gasteiger partial charge in [-0.05, 0) is 35.9 Å². The van der Waals surface area contributed by atoms with Gasteiger partial charge in [0, 0.05) is 29.7 Å². The molecule has 0 amide bonds. The van der Waals surface area contributed by atoms with Crippen molar-refractivity contribution in [3.63, 3.8) is 0 Å². The molecule has 6 nitrogen and oxygen atoms in total. The number of allylic oxidation sites excluding steroid dienone is 1. The largest absolute Gasteiger partial charge is 0.337 e. The number of aromatic amines is 1. The van der Waals surface area contributed by atoms with Crippen LogP contribution in [0.1, 0.15) is 17.0 Å². The van der Waals surface area contributed by atoms with Crippen LogP contribution < -0.4 is 0 Å². The molecule has 31 heavy (non-hydrogen) atoms. The maximum absolute atomic E-state index is 9.85. The summed E-state index contributed by atoms with van der Waals surface area (Å²) in [7, 11) is 0. The Balaban J connectivity index is 1.59. The number of imidazole rings is 1.